The number of H-pyrrole nitrogens is 1. The number of hydrogen-bond acceptors (Lipinski definition) is 5. The molecule has 0 bridgehead atoms. The average Bonchev–Trinajstić information content (AvgIpc) is 3.21. The first kappa shape index (κ1) is 24.1. The topological polar surface area (TPSA) is 83.9 Å². The van der Waals surface area contributed by atoms with Crippen LogP contribution < -0.4 is 10.5 Å². The highest BCUT2D eigenvalue weighted by Crippen LogP contribution is 2.28. The zero-order chi connectivity index (χ0) is 22.8. The molecule has 0 saturated carbocycles. The predicted octanol–water partition coefficient (Wildman–Crippen LogP) is 4.27. The molecular formula is C23H28ClN5O2. The standard InChI is InChI=1S/C17H16ClN5O.C5H10.CH2O/c1-11-4-2-3-5-13(11)23-10-19-12-9-22(7-6-14(12)23)15-8-20-21-17(24)16(15)18;1-3-5-4-2;1-2/h2-5,8,10H,6-7,9H2,1H3,(H,21,24);3,5H,4H2,1-2H3;1H2/b;5-3-;. The minimum atomic E-state index is -0.370. The summed E-state index contributed by atoms with van der Waals surface area (Å²) in [6.07, 6.45) is 9.63. The second-order valence-corrected chi connectivity index (χ2v) is 7.22. The Morgan fingerprint density at radius 2 is 2.00 bits per heavy atom. The number of hydrogen-bond donors (Lipinski definition) is 1. The molecule has 1 aliphatic rings. The summed E-state index contributed by atoms with van der Waals surface area (Å²) >= 11 is 6.12. The Morgan fingerprint density at radius 1 is 1.26 bits per heavy atom. The Bertz CT molecular complexity index is 1070. The Balaban J connectivity index is 0.000000432. The fourth-order valence-electron chi connectivity index (χ4n) is 3.39. The monoisotopic (exact) mass is 441 g/mol. The summed E-state index contributed by atoms with van der Waals surface area (Å²) in [6, 6.07) is 8.26. The molecule has 0 unspecified atom stereocenters. The van der Waals surface area contributed by atoms with E-state index < -0.39 is 0 Å². The molecule has 1 N–H and O–H groups in total. The number of aromatic amines is 1. The Hall–Kier alpha value is -3.19. The molecule has 1 aliphatic heterocycles. The molecule has 0 amide bonds. The highest BCUT2D eigenvalue weighted by Gasteiger charge is 2.24. The number of aromatic nitrogens is 4. The number of rotatable bonds is 3. The second kappa shape index (κ2) is 11.9. The fraction of sp³-hybridized carbons (Fsp3) is 0.304. The minimum Gasteiger partial charge on any atom is -0.362 e. The lowest BCUT2D eigenvalue weighted by molar-refractivity contribution is -0.0979. The van der Waals surface area contributed by atoms with Crippen LogP contribution >= 0.6 is 11.6 Å². The lowest BCUT2D eigenvalue weighted by atomic mass is 10.1. The fourth-order valence-corrected chi connectivity index (χ4v) is 3.60. The van der Waals surface area contributed by atoms with E-state index in [9.17, 15) is 4.79 Å². The van der Waals surface area contributed by atoms with E-state index in [2.05, 4.69) is 57.9 Å². The molecule has 7 nitrogen and oxygen atoms in total. The van der Waals surface area contributed by atoms with E-state index in [-0.39, 0.29) is 10.6 Å². The lowest BCUT2D eigenvalue weighted by Crippen LogP contribution is -2.32. The van der Waals surface area contributed by atoms with Crippen molar-refractivity contribution in [3.8, 4) is 5.69 Å². The van der Waals surface area contributed by atoms with Gasteiger partial charge in [-0.25, -0.2) is 10.1 Å². The Kier molecular flexibility index (Phi) is 9.21. The van der Waals surface area contributed by atoms with Crippen LogP contribution in [0.4, 0.5) is 5.69 Å². The van der Waals surface area contributed by atoms with Crippen LogP contribution in [0.2, 0.25) is 5.02 Å². The van der Waals surface area contributed by atoms with Gasteiger partial charge in [0.2, 0.25) is 0 Å². The number of carbonyl (C=O) groups excluding carboxylic acids is 1. The van der Waals surface area contributed by atoms with Gasteiger partial charge < -0.3 is 14.3 Å². The molecule has 2 aromatic heterocycles. The molecule has 164 valence electrons. The minimum absolute atomic E-state index is 0.173. The van der Waals surface area contributed by atoms with E-state index in [1.54, 1.807) is 6.20 Å². The largest absolute Gasteiger partial charge is 0.362 e. The third-order valence-corrected chi connectivity index (χ3v) is 5.24. The Morgan fingerprint density at radius 3 is 2.65 bits per heavy atom. The predicted molar refractivity (Wildman–Crippen MR) is 125 cm³/mol. The maximum Gasteiger partial charge on any atom is 0.285 e. The van der Waals surface area contributed by atoms with E-state index in [1.807, 2.05) is 37.1 Å². The SMILES string of the molecule is C/C=C\CC.C=O.Cc1ccccc1-n1cnc2c1CCN(c1cn[nH]c(=O)c1Cl)C2. The third kappa shape index (κ3) is 5.70. The zero-order valence-corrected chi connectivity index (χ0v) is 18.9. The van der Waals surface area contributed by atoms with Gasteiger partial charge in [-0.1, -0.05) is 48.9 Å². The number of nitrogens with zero attached hydrogens (tertiary/aromatic N) is 4. The van der Waals surface area contributed by atoms with Crippen molar-refractivity contribution >= 4 is 24.1 Å². The molecule has 1 aromatic carbocycles. The summed E-state index contributed by atoms with van der Waals surface area (Å²) in [5.41, 5.74) is 4.84. The first-order valence-electron chi connectivity index (χ1n) is 10.1. The summed E-state index contributed by atoms with van der Waals surface area (Å²) in [7, 11) is 0. The van der Waals surface area contributed by atoms with Crippen LogP contribution in [-0.4, -0.2) is 33.1 Å². The number of imidazole rings is 1. The van der Waals surface area contributed by atoms with Crippen molar-refractivity contribution in [1.82, 2.24) is 19.7 Å². The number of aryl methyl sites for hydroxylation is 1. The van der Waals surface area contributed by atoms with Crippen LogP contribution in [0.1, 0.15) is 37.2 Å². The van der Waals surface area contributed by atoms with Gasteiger partial charge in [-0.05, 0) is 31.9 Å². The maximum atomic E-state index is 11.7. The number of fused-ring (bicyclic) bond motifs is 1. The van der Waals surface area contributed by atoms with Crippen LogP contribution in [0.15, 0.2) is 53.7 Å². The highest BCUT2D eigenvalue weighted by molar-refractivity contribution is 6.32. The number of carbonyl (C=O) groups is 1. The lowest BCUT2D eigenvalue weighted by Gasteiger charge is -2.29. The van der Waals surface area contributed by atoms with Crippen molar-refractivity contribution in [3.05, 3.63) is 81.3 Å². The second-order valence-electron chi connectivity index (χ2n) is 6.84. The number of halogens is 1. The summed E-state index contributed by atoms with van der Waals surface area (Å²) in [6.45, 7) is 9.62. The van der Waals surface area contributed by atoms with Crippen LogP contribution in [0.3, 0.4) is 0 Å². The van der Waals surface area contributed by atoms with E-state index >= 15 is 0 Å². The summed E-state index contributed by atoms with van der Waals surface area (Å²) in [5.74, 6) is 0. The normalized spacial score (nSPS) is 12.5. The Labute approximate surface area is 187 Å². The first-order chi connectivity index (χ1) is 15.1. The van der Waals surface area contributed by atoms with Gasteiger partial charge in [0.25, 0.3) is 5.56 Å². The van der Waals surface area contributed by atoms with Crippen LogP contribution in [0.5, 0.6) is 0 Å². The van der Waals surface area contributed by atoms with Gasteiger partial charge in [-0.15, -0.1) is 0 Å². The average molecular weight is 442 g/mol. The molecule has 0 spiro atoms. The zero-order valence-electron chi connectivity index (χ0n) is 18.1. The molecule has 0 atom stereocenters. The van der Waals surface area contributed by atoms with Crippen molar-refractivity contribution < 1.29 is 4.79 Å². The molecule has 0 fully saturated rings. The van der Waals surface area contributed by atoms with E-state index in [1.165, 1.54) is 11.3 Å². The van der Waals surface area contributed by atoms with Crippen molar-refractivity contribution in [1.29, 1.82) is 0 Å². The summed E-state index contributed by atoms with van der Waals surface area (Å²) in [5, 5.41) is 6.37. The number of para-hydroxylation sites is 1. The summed E-state index contributed by atoms with van der Waals surface area (Å²) in [4.78, 5) is 26.3. The van der Waals surface area contributed by atoms with Gasteiger partial charge >= 0.3 is 0 Å². The van der Waals surface area contributed by atoms with Crippen molar-refractivity contribution in [2.75, 3.05) is 11.4 Å². The molecular weight excluding hydrogens is 414 g/mol. The van der Waals surface area contributed by atoms with E-state index in [0.717, 1.165) is 30.8 Å². The number of nitrogens with one attached hydrogen (secondary N) is 1. The first-order valence-corrected chi connectivity index (χ1v) is 10.4. The van der Waals surface area contributed by atoms with E-state index in [4.69, 9.17) is 16.4 Å². The number of anilines is 1. The molecule has 3 heterocycles. The van der Waals surface area contributed by atoms with Crippen molar-refractivity contribution in [2.24, 2.45) is 0 Å². The van der Waals surface area contributed by atoms with Crippen LogP contribution in [-0.2, 0) is 17.8 Å². The molecule has 4 rings (SSSR count). The molecule has 8 heteroatoms. The van der Waals surface area contributed by atoms with Gasteiger partial charge in [-0.3, -0.25) is 4.79 Å². The third-order valence-electron chi connectivity index (χ3n) is 4.88. The summed E-state index contributed by atoms with van der Waals surface area (Å²) < 4.78 is 2.15. The van der Waals surface area contributed by atoms with Gasteiger partial charge in [0.15, 0.2) is 0 Å². The quantitative estimate of drug-likeness (QED) is 0.613. The van der Waals surface area contributed by atoms with Gasteiger partial charge in [0.1, 0.15) is 11.8 Å². The highest BCUT2D eigenvalue weighted by atomic mass is 35.5. The van der Waals surface area contributed by atoms with Gasteiger partial charge in [-0.2, -0.15) is 5.10 Å². The molecule has 0 radical (unpaired) electrons. The van der Waals surface area contributed by atoms with Crippen LogP contribution in [0, 0.1) is 6.92 Å². The van der Waals surface area contributed by atoms with Crippen molar-refractivity contribution in [2.45, 2.75) is 40.2 Å². The molecule has 31 heavy (non-hydrogen) atoms. The number of benzene rings is 1. The molecule has 3 aromatic rings. The molecule has 0 saturated heterocycles. The van der Waals surface area contributed by atoms with Crippen LogP contribution in [0.25, 0.3) is 5.69 Å². The molecule has 0 aliphatic carbocycles. The van der Waals surface area contributed by atoms with Gasteiger partial charge in [0, 0.05) is 24.3 Å². The van der Waals surface area contributed by atoms with E-state index in [0.29, 0.717) is 12.2 Å². The van der Waals surface area contributed by atoms with Crippen molar-refractivity contribution in [3.63, 3.8) is 0 Å². The smallest absolute Gasteiger partial charge is 0.285 e. The number of allylic oxidation sites excluding steroid dienone is 2. The van der Waals surface area contributed by atoms with Gasteiger partial charge in [0.05, 0.1) is 30.5 Å². The maximum absolute atomic E-state index is 11.7.